The molecule has 1 aromatic heterocycles. The molecule has 0 spiro atoms. The number of imidazole rings is 1. The fourth-order valence-electron chi connectivity index (χ4n) is 3.24. The summed E-state index contributed by atoms with van der Waals surface area (Å²) in [6.07, 6.45) is 0. The van der Waals surface area contributed by atoms with Gasteiger partial charge < -0.3 is 14.2 Å². The summed E-state index contributed by atoms with van der Waals surface area (Å²) >= 11 is 8.59. The van der Waals surface area contributed by atoms with Crippen molar-refractivity contribution in [3.05, 3.63) is 63.5 Å². The third-order valence-corrected chi connectivity index (χ3v) is 5.71. The molecule has 29 heavy (non-hydrogen) atoms. The average molecular weight is 521 g/mol. The largest absolute Gasteiger partial charge is 0.497 e. The fourth-order valence-corrected chi connectivity index (χ4v) is 4.29. The lowest BCUT2D eigenvalue weighted by Crippen LogP contribution is -1.97. The van der Waals surface area contributed by atoms with Crippen molar-refractivity contribution in [3.8, 4) is 34.1 Å². The van der Waals surface area contributed by atoms with Crippen LogP contribution in [-0.2, 0) is 0 Å². The smallest absolute Gasteiger partial charge is 0.177 e. The van der Waals surface area contributed by atoms with Gasteiger partial charge in [-0.3, -0.25) is 4.57 Å². The van der Waals surface area contributed by atoms with Gasteiger partial charge in [0.2, 0.25) is 0 Å². The monoisotopic (exact) mass is 520 g/mol. The van der Waals surface area contributed by atoms with Crippen LogP contribution in [0.2, 0.25) is 5.02 Å². The maximum Gasteiger partial charge on any atom is 0.177 e. The molecule has 0 unspecified atom stereocenters. The first-order valence-electron chi connectivity index (χ1n) is 8.79. The standard InChI is InChI=1S/C22H18ClIN2O3/c1-27-16-8-14(9-17(12-16)28-2)13-4-6-19-20(10-13)26(22(24)25-19)15-5-7-21(29-3)18(23)11-15/h4-12H,1-3H3. The first-order chi connectivity index (χ1) is 14.0. The molecule has 0 atom stereocenters. The van der Waals surface area contributed by atoms with E-state index in [9.17, 15) is 0 Å². The Morgan fingerprint density at radius 1 is 0.828 bits per heavy atom. The van der Waals surface area contributed by atoms with Gasteiger partial charge in [0.15, 0.2) is 3.83 Å². The quantitative estimate of drug-likeness (QED) is 0.304. The van der Waals surface area contributed by atoms with Crippen LogP contribution in [-0.4, -0.2) is 30.9 Å². The number of hydrogen-bond acceptors (Lipinski definition) is 4. The summed E-state index contributed by atoms with van der Waals surface area (Å²) in [7, 11) is 4.89. The van der Waals surface area contributed by atoms with Crippen LogP contribution in [0, 0.1) is 3.83 Å². The molecule has 5 nitrogen and oxygen atoms in total. The molecule has 0 amide bonds. The zero-order valence-electron chi connectivity index (χ0n) is 16.1. The van der Waals surface area contributed by atoms with E-state index in [4.69, 9.17) is 25.8 Å². The Balaban J connectivity index is 1.89. The molecule has 148 valence electrons. The molecule has 0 aliphatic heterocycles. The predicted octanol–water partition coefficient (Wildman–Crippen LogP) is 5.98. The highest BCUT2D eigenvalue weighted by molar-refractivity contribution is 14.1. The van der Waals surface area contributed by atoms with Gasteiger partial charge in [-0.2, -0.15) is 0 Å². The third-order valence-electron chi connectivity index (χ3n) is 4.69. The normalized spacial score (nSPS) is 10.9. The molecule has 0 fully saturated rings. The van der Waals surface area contributed by atoms with Crippen LogP contribution in [0.15, 0.2) is 54.6 Å². The minimum atomic E-state index is 0.552. The molecular formula is C22H18ClIN2O3. The Labute approximate surface area is 187 Å². The summed E-state index contributed by atoms with van der Waals surface area (Å²) in [5, 5.41) is 0.552. The van der Waals surface area contributed by atoms with Crippen LogP contribution in [0.25, 0.3) is 27.8 Å². The van der Waals surface area contributed by atoms with Gasteiger partial charge in [0.1, 0.15) is 17.2 Å². The minimum absolute atomic E-state index is 0.552. The van der Waals surface area contributed by atoms with Gasteiger partial charge >= 0.3 is 0 Å². The van der Waals surface area contributed by atoms with Gasteiger partial charge in [-0.15, -0.1) is 0 Å². The Hall–Kier alpha value is -2.45. The molecule has 7 heteroatoms. The summed E-state index contributed by atoms with van der Waals surface area (Å²) in [6, 6.07) is 17.7. The molecule has 0 saturated heterocycles. The SMILES string of the molecule is COc1cc(OC)cc(-c2ccc3nc(I)n(-c4ccc(OC)c(Cl)c4)c3c2)c1. The molecule has 0 bridgehead atoms. The maximum atomic E-state index is 6.35. The van der Waals surface area contributed by atoms with Crippen LogP contribution in [0.3, 0.4) is 0 Å². The maximum absolute atomic E-state index is 6.35. The van der Waals surface area contributed by atoms with Crippen LogP contribution >= 0.6 is 34.2 Å². The van der Waals surface area contributed by atoms with Crippen molar-refractivity contribution < 1.29 is 14.2 Å². The van der Waals surface area contributed by atoms with Crippen molar-refractivity contribution in [3.63, 3.8) is 0 Å². The zero-order valence-corrected chi connectivity index (χ0v) is 19.0. The van der Waals surface area contributed by atoms with Crippen LogP contribution < -0.4 is 14.2 Å². The van der Waals surface area contributed by atoms with E-state index in [-0.39, 0.29) is 0 Å². The number of benzene rings is 3. The number of halogens is 2. The number of nitrogens with zero attached hydrogens (tertiary/aromatic N) is 2. The van der Waals surface area contributed by atoms with E-state index < -0.39 is 0 Å². The number of hydrogen-bond donors (Lipinski definition) is 0. The Bertz CT molecular complexity index is 1180. The van der Waals surface area contributed by atoms with E-state index in [1.54, 1.807) is 21.3 Å². The molecule has 1 heterocycles. The van der Waals surface area contributed by atoms with E-state index in [1.165, 1.54) is 0 Å². The van der Waals surface area contributed by atoms with Crippen LogP contribution in [0.5, 0.6) is 17.2 Å². The van der Waals surface area contributed by atoms with E-state index >= 15 is 0 Å². The molecule has 4 rings (SSSR count). The van der Waals surface area contributed by atoms with Gasteiger partial charge in [0.05, 0.1) is 37.4 Å². The number of methoxy groups -OCH3 is 3. The van der Waals surface area contributed by atoms with Crippen LogP contribution in [0.1, 0.15) is 0 Å². The second kappa shape index (κ2) is 8.12. The van der Waals surface area contributed by atoms with Crippen molar-refractivity contribution in [1.29, 1.82) is 0 Å². The third kappa shape index (κ3) is 3.74. The highest BCUT2D eigenvalue weighted by Gasteiger charge is 2.14. The second-order valence-corrected chi connectivity index (χ2v) is 7.71. The summed E-state index contributed by atoms with van der Waals surface area (Å²) in [6.45, 7) is 0. The molecule has 0 aliphatic rings. The predicted molar refractivity (Wildman–Crippen MR) is 124 cm³/mol. The highest BCUT2D eigenvalue weighted by Crippen LogP contribution is 2.34. The first kappa shape index (κ1) is 19.8. The number of aromatic nitrogens is 2. The minimum Gasteiger partial charge on any atom is -0.497 e. The van der Waals surface area contributed by atoms with Crippen molar-refractivity contribution in [2.24, 2.45) is 0 Å². The average Bonchev–Trinajstić information content (AvgIpc) is 3.08. The van der Waals surface area contributed by atoms with Crippen molar-refractivity contribution >= 4 is 45.2 Å². The lowest BCUT2D eigenvalue weighted by Gasteiger charge is -2.11. The number of rotatable bonds is 5. The number of ether oxygens (including phenoxy) is 3. The Morgan fingerprint density at radius 2 is 1.55 bits per heavy atom. The van der Waals surface area contributed by atoms with Gasteiger partial charge in [-0.05, 0) is 53.6 Å². The van der Waals surface area contributed by atoms with E-state index in [0.29, 0.717) is 10.8 Å². The molecule has 0 saturated carbocycles. The molecule has 0 N–H and O–H groups in total. The molecular weight excluding hydrogens is 503 g/mol. The fraction of sp³-hybridized carbons (Fsp3) is 0.136. The first-order valence-corrected chi connectivity index (χ1v) is 10.2. The van der Waals surface area contributed by atoms with Crippen molar-refractivity contribution in [1.82, 2.24) is 9.55 Å². The molecule has 0 radical (unpaired) electrons. The van der Waals surface area contributed by atoms with Crippen molar-refractivity contribution in [2.45, 2.75) is 0 Å². The molecule has 3 aromatic carbocycles. The molecule has 0 aliphatic carbocycles. The summed E-state index contributed by atoms with van der Waals surface area (Å²) in [5.41, 5.74) is 4.84. The lowest BCUT2D eigenvalue weighted by molar-refractivity contribution is 0.394. The van der Waals surface area contributed by atoms with E-state index in [0.717, 1.165) is 43.2 Å². The van der Waals surface area contributed by atoms with Crippen molar-refractivity contribution in [2.75, 3.05) is 21.3 Å². The Kier molecular flexibility index (Phi) is 5.56. The highest BCUT2D eigenvalue weighted by atomic mass is 127. The van der Waals surface area contributed by atoms with Gasteiger partial charge in [-0.1, -0.05) is 17.7 Å². The summed E-state index contributed by atoms with van der Waals surface area (Å²) < 4.78 is 19.0. The van der Waals surface area contributed by atoms with Gasteiger partial charge in [0.25, 0.3) is 0 Å². The number of fused-ring (bicyclic) bond motifs is 1. The Morgan fingerprint density at radius 3 is 2.17 bits per heavy atom. The van der Waals surface area contributed by atoms with E-state index in [2.05, 4.69) is 38.2 Å². The zero-order chi connectivity index (χ0) is 20.5. The topological polar surface area (TPSA) is 45.5 Å². The van der Waals surface area contributed by atoms with Gasteiger partial charge in [-0.25, -0.2) is 4.98 Å². The molecule has 4 aromatic rings. The summed E-state index contributed by atoms with van der Waals surface area (Å²) in [4.78, 5) is 4.69. The van der Waals surface area contributed by atoms with Gasteiger partial charge in [0, 0.05) is 34.3 Å². The second-order valence-electron chi connectivity index (χ2n) is 6.34. The lowest BCUT2D eigenvalue weighted by atomic mass is 10.0. The summed E-state index contributed by atoms with van der Waals surface area (Å²) in [5.74, 6) is 2.12. The van der Waals surface area contributed by atoms with E-state index in [1.807, 2.05) is 48.5 Å². The van der Waals surface area contributed by atoms with Crippen LogP contribution in [0.4, 0.5) is 0 Å².